The van der Waals surface area contributed by atoms with Crippen molar-refractivity contribution in [3.05, 3.63) is 70.5 Å². The van der Waals surface area contributed by atoms with Crippen LogP contribution < -0.4 is 5.32 Å². The number of nitrogens with one attached hydrogen (secondary N) is 2. The average molecular weight is 419 g/mol. The topological polar surface area (TPSA) is 80.5 Å². The molecule has 2 heterocycles. The molecule has 0 atom stereocenters. The predicted molar refractivity (Wildman–Crippen MR) is 118 cm³/mol. The van der Waals surface area contributed by atoms with Crippen molar-refractivity contribution in [1.29, 1.82) is 0 Å². The van der Waals surface area contributed by atoms with Crippen molar-refractivity contribution < 1.29 is 4.79 Å². The zero-order valence-electron chi connectivity index (χ0n) is 16.6. The number of rotatable bonds is 6. The lowest BCUT2D eigenvalue weighted by molar-refractivity contribution is 0.0954. The van der Waals surface area contributed by atoms with E-state index in [0.29, 0.717) is 29.3 Å². The van der Waals surface area contributed by atoms with Gasteiger partial charge in [0, 0.05) is 30.3 Å². The van der Waals surface area contributed by atoms with E-state index in [0.717, 1.165) is 41.2 Å². The molecule has 0 bridgehead atoms. The summed E-state index contributed by atoms with van der Waals surface area (Å²) < 4.78 is 4.83. The molecular weight excluding hydrogens is 396 g/mol. The molecule has 2 N–H and O–H groups in total. The van der Waals surface area contributed by atoms with Crippen molar-refractivity contribution in [2.45, 2.75) is 32.2 Å². The van der Waals surface area contributed by atoms with E-state index in [2.05, 4.69) is 29.6 Å². The molecule has 1 aliphatic rings. The molecule has 5 rings (SSSR count). The van der Waals surface area contributed by atoms with Crippen LogP contribution in [0.2, 0.25) is 0 Å². The van der Waals surface area contributed by atoms with E-state index >= 15 is 0 Å². The number of aromatic amines is 1. The summed E-state index contributed by atoms with van der Waals surface area (Å²) in [6, 6.07) is 16.2. The molecule has 8 heteroatoms. The first-order valence-corrected chi connectivity index (χ1v) is 10.5. The van der Waals surface area contributed by atoms with Crippen LogP contribution in [0, 0.1) is 11.7 Å². The molecule has 4 aromatic rings. The highest BCUT2D eigenvalue weighted by Gasteiger charge is 2.27. The number of aromatic nitrogens is 5. The summed E-state index contributed by atoms with van der Waals surface area (Å²) in [5, 5.41) is 10.2. The second-order valence-corrected chi connectivity index (χ2v) is 7.97. The normalized spacial score (nSPS) is 13.6. The molecule has 30 heavy (non-hydrogen) atoms. The van der Waals surface area contributed by atoms with Gasteiger partial charge in [0.05, 0.1) is 11.0 Å². The molecule has 7 nitrogen and oxygen atoms in total. The van der Waals surface area contributed by atoms with Crippen molar-refractivity contribution in [3.8, 4) is 5.69 Å². The molecule has 1 fully saturated rings. The van der Waals surface area contributed by atoms with Crippen LogP contribution in [-0.2, 0) is 6.42 Å². The lowest BCUT2D eigenvalue weighted by atomic mass is 10.2. The van der Waals surface area contributed by atoms with E-state index in [-0.39, 0.29) is 5.91 Å². The quantitative estimate of drug-likeness (QED) is 0.466. The van der Waals surface area contributed by atoms with Gasteiger partial charge < -0.3 is 9.88 Å². The third-order valence-corrected chi connectivity index (χ3v) is 5.71. The van der Waals surface area contributed by atoms with E-state index in [4.69, 9.17) is 12.2 Å². The third kappa shape index (κ3) is 3.43. The Bertz CT molecular complexity index is 1280. The molecule has 0 radical (unpaired) electrons. The minimum Gasteiger partial charge on any atom is -0.352 e. The highest BCUT2D eigenvalue weighted by atomic mass is 32.1. The summed E-state index contributed by atoms with van der Waals surface area (Å²) in [7, 11) is 0. The van der Waals surface area contributed by atoms with Gasteiger partial charge in [-0.3, -0.25) is 14.5 Å². The average Bonchev–Trinajstić information content (AvgIpc) is 3.44. The van der Waals surface area contributed by atoms with Crippen molar-refractivity contribution in [2.24, 2.45) is 0 Å². The van der Waals surface area contributed by atoms with Crippen molar-refractivity contribution >= 4 is 29.2 Å². The molecule has 0 spiro atoms. The van der Waals surface area contributed by atoms with Gasteiger partial charge in [-0.05, 0) is 62.3 Å². The van der Waals surface area contributed by atoms with Gasteiger partial charge in [-0.1, -0.05) is 18.2 Å². The minimum absolute atomic E-state index is 0.115. The first-order chi connectivity index (χ1) is 14.6. The van der Waals surface area contributed by atoms with Crippen LogP contribution in [0.15, 0.2) is 48.5 Å². The number of amides is 1. The number of imidazole rings is 1. The second-order valence-electron chi connectivity index (χ2n) is 7.59. The number of hydrogen-bond acceptors (Lipinski definition) is 4. The number of carbonyl (C=O) groups is 1. The fraction of sp³-hybridized carbons (Fsp3) is 0.273. The Balaban J connectivity index is 1.31. The monoisotopic (exact) mass is 418 g/mol. The number of para-hydroxylation sites is 1. The van der Waals surface area contributed by atoms with Gasteiger partial charge in [-0.2, -0.15) is 5.10 Å². The fourth-order valence-electron chi connectivity index (χ4n) is 3.86. The maximum Gasteiger partial charge on any atom is 0.251 e. The van der Waals surface area contributed by atoms with E-state index < -0.39 is 0 Å². The Morgan fingerprint density at radius 2 is 2.03 bits per heavy atom. The summed E-state index contributed by atoms with van der Waals surface area (Å²) in [6.07, 6.45) is 2.92. The highest BCUT2D eigenvalue weighted by Crippen LogP contribution is 2.35. The highest BCUT2D eigenvalue weighted by molar-refractivity contribution is 7.71. The summed E-state index contributed by atoms with van der Waals surface area (Å²) in [5.41, 5.74) is 3.44. The zero-order valence-corrected chi connectivity index (χ0v) is 17.4. The fourth-order valence-corrected chi connectivity index (χ4v) is 4.16. The van der Waals surface area contributed by atoms with Crippen molar-refractivity contribution in [2.75, 3.05) is 6.54 Å². The molecule has 0 aliphatic heterocycles. The molecule has 2 aromatic heterocycles. The smallest absolute Gasteiger partial charge is 0.251 e. The number of hydrogen-bond donors (Lipinski definition) is 2. The lowest BCUT2D eigenvalue weighted by Gasteiger charge is -2.08. The maximum absolute atomic E-state index is 12.7. The number of carbonyl (C=O) groups excluding carboxylic acids is 1. The summed E-state index contributed by atoms with van der Waals surface area (Å²) in [5.74, 6) is 1.67. The third-order valence-electron chi connectivity index (χ3n) is 5.42. The second kappa shape index (κ2) is 7.53. The van der Waals surface area contributed by atoms with Crippen LogP contribution in [0.25, 0.3) is 16.7 Å². The first-order valence-electron chi connectivity index (χ1n) is 10.1. The van der Waals surface area contributed by atoms with Crippen LogP contribution in [0.4, 0.5) is 0 Å². The SMILES string of the molecule is Cc1nc2cc(C(=O)NCCc3n[nH]c(=S)n3C3CC3)ccc2n1-c1ccccc1. The Kier molecular flexibility index (Phi) is 4.71. The van der Waals surface area contributed by atoms with Crippen LogP contribution in [0.1, 0.15) is 40.9 Å². The molecular formula is C22H22N6OS. The van der Waals surface area contributed by atoms with E-state index in [1.165, 1.54) is 0 Å². The van der Waals surface area contributed by atoms with Crippen LogP contribution in [0.3, 0.4) is 0 Å². The Morgan fingerprint density at radius 1 is 1.23 bits per heavy atom. The van der Waals surface area contributed by atoms with Gasteiger partial charge in [-0.25, -0.2) is 4.98 Å². The van der Waals surface area contributed by atoms with Crippen molar-refractivity contribution in [3.63, 3.8) is 0 Å². The minimum atomic E-state index is -0.115. The summed E-state index contributed by atoms with van der Waals surface area (Å²) in [4.78, 5) is 17.3. The predicted octanol–water partition coefficient (Wildman–Crippen LogP) is 3.90. The van der Waals surface area contributed by atoms with Gasteiger partial charge >= 0.3 is 0 Å². The summed E-state index contributed by atoms with van der Waals surface area (Å²) in [6.45, 7) is 2.47. The van der Waals surface area contributed by atoms with Gasteiger partial charge in [-0.15, -0.1) is 0 Å². The zero-order chi connectivity index (χ0) is 20.7. The summed E-state index contributed by atoms with van der Waals surface area (Å²) >= 11 is 5.31. The number of aryl methyl sites for hydroxylation is 1. The molecule has 0 saturated heterocycles. The number of benzene rings is 2. The molecule has 1 amide bonds. The lowest BCUT2D eigenvalue weighted by Crippen LogP contribution is -2.26. The Hall–Kier alpha value is -3.26. The van der Waals surface area contributed by atoms with Crippen LogP contribution in [-0.4, -0.2) is 36.8 Å². The van der Waals surface area contributed by atoms with Crippen LogP contribution >= 0.6 is 12.2 Å². The molecule has 2 aromatic carbocycles. The Labute approximate surface area is 178 Å². The molecule has 1 aliphatic carbocycles. The van der Waals surface area contributed by atoms with Gasteiger partial charge in [0.1, 0.15) is 11.6 Å². The van der Waals surface area contributed by atoms with E-state index in [9.17, 15) is 4.79 Å². The maximum atomic E-state index is 12.7. The number of nitrogens with zero attached hydrogens (tertiary/aromatic N) is 4. The number of fused-ring (bicyclic) bond motifs is 1. The molecule has 152 valence electrons. The molecule has 0 unspecified atom stereocenters. The Morgan fingerprint density at radius 3 is 2.80 bits per heavy atom. The first kappa shape index (κ1) is 18.7. The van der Waals surface area contributed by atoms with Gasteiger partial charge in [0.25, 0.3) is 5.91 Å². The number of H-pyrrole nitrogens is 1. The standard InChI is InChI=1S/C22H22N6OS/c1-14-24-18-13-15(7-10-19(18)27(14)16-5-3-2-4-6-16)21(29)23-12-11-20-25-26-22(30)28(20)17-8-9-17/h2-7,10,13,17H,8-9,11-12H2,1H3,(H,23,29)(H,26,30). The van der Waals surface area contributed by atoms with Gasteiger partial charge in [0.2, 0.25) is 0 Å². The largest absolute Gasteiger partial charge is 0.352 e. The van der Waals surface area contributed by atoms with Crippen molar-refractivity contribution in [1.82, 2.24) is 29.6 Å². The molecule has 1 saturated carbocycles. The van der Waals surface area contributed by atoms with E-state index in [1.54, 1.807) is 0 Å². The van der Waals surface area contributed by atoms with E-state index in [1.807, 2.05) is 55.5 Å². The van der Waals surface area contributed by atoms with Gasteiger partial charge in [0.15, 0.2) is 4.77 Å². The van der Waals surface area contributed by atoms with Crippen LogP contribution in [0.5, 0.6) is 0 Å².